The SMILES string of the molecule is CCC1CN(C)CCCN1Cc1ccc(F)cc1CN. The maximum absolute atomic E-state index is 13.3. The van der Waals surface area contributed by atoms with Gasteiger partial charge in [0, 0.05) is 32.2 Å². The Labute approximate surface area is 121 Å². The molecule has 1 atom stereocenters. The van der Waals surface area contributed by atoms with Crippen LogP contribution < -0.4 is 5.73 Å². The molecule has 1 heterocycles. The molecule has 1 fully saturated rings. The fraction of sp³-hybridized carbons (Fsp3) is 0.625. The van der Waals surface area contributed by atoms with E-state index in [0.717, 1.165) is 43.7 Å². The third-order valence-electron chi connectivity index (χ3n) is 4.26. The van der Waals surface area contributed by atoms with E-state index in [-0.39, 0.29) is 5.82 Å². The molecule has 1 aliphatic rings. The summed E-state index contributed by atoms with van der Waals surface area (Å²) in [4.78, 5) is 4.93. The Kier molecular flexibility index (Phi) is 5.52. The van der Waals surface area contributed by atoms with Crippen molar-refractivity contribution < 1.29 is 4.39 Å². The lowest BCUT2D eigenvalue weighted by Crippen LogP contribution is -2.39. The molecule has 1 unspecified atom stereocenters. The van der Waals surface area contributed by atoms with Gasteiger partial charge in [0.25, 0.3) is 0 Å². The van der Waals surface area contributed by atoms with Crippen LogP contribution >= 0.6 is 0 Å². The van der Waals surface area contributed by atoms with Crippen molar-refractivity contribution in [3.63, 3.8) is 0 Å². The number of hydrogen-bond donors (Lipinski definition) is 1. The molecule has 0 saturated carbocycles. The van der Waals surface area contributed by atoms with Crippen molar-refractivity contribution in [1.82, 2.24) is 9.80 Å². The highest BCUT2D eigenvalue weighted by Crippen LogP contribution is 2.19. The summed E-state index contributed by atoms with van der Waals surface area (Å²) in [6.07, 6.45) is 2.33. The molecule has 1 aromatic rings. The maximum Gasteiger partial charge on any atom is 0.123 e. The van der Waals surface area contributed by atoms with Crippen molar-refractivity contribution in [2.24, 2.45) is 5.73 Å². The number of halogens is 1. The number of nitrogens with zero attached hydrogens (tertiary/aromatic N) is 2. The first-order valence-corrected chi connectivity index (χ1v) is 7.54. The largest absolute Gasteiger partial charge is 0.326 e. The van der Waals surface area contributed by atoms with Crippen LogP contribution in [-0.2, 0) is 13.1 Å². The van der Waals surface area contributed by atoms with Gasteiger partial charge in [-0.05, 0) is 49.7 Å². The summed E-state index contributed by atoms with van der Waals surface area (Å²) in [6, 6.07) is 5.57. The van der Waals surface area contributed by atoms with Gasteiger partial charge in [-0.2, -0.15) is 0 Å². The molecule has 2 N–H and O–H groups in total. The normalized spacial score (nSPS) is 21.9. The molecular weight excluding hydrogens is 253 g/mol. The van der Waals surface area contributed by atoms with Gasteiger partial charge in [-0.15, -0.1) is 0 Å². The zero-order chi connectivity index (χ0) is 14.5. The fourth-order valence-corrected chi connectivity index (χ4v) is 3.05. The number of nitrogens with two attached hydrogens (primary N) is 1. The maximum atomic E-state index is 13.3. The lowest BCUT2D eigenvalue weighted by Gasteiger charge is -2.30. The lowest BCUT2D eigenvalue weighted by atomic mass is 10.1. The average Bonchev–Trinajstić information content (AvgIpc) is 2.62. The highest BCUT2D eigenvalue weighted by molar-refractivity contribution is 5.27. The zero-order valence-electron chi connectivity index (χ0n) is 12.6. The van der Waals surface area contributed by atoms with E-state index in [1.54, 1.807) is 12.1 Å². The smallest absolute Gasteiger partial charge is 0.123 e. The van der Waals surface area contributed by atoms with Crippen molar-refractivity contribution in [3.05, 3.63) is 35.1 Å². The van der Waals surface area contributed by atoms with E-state index < -0.39 is 0 Å². The van der Waals surface area contributed by atoms with Crippen molar-refractivity contribution in [2.45, 2.75) is 38.9 Å². The molecule has 112 valence electrons. The molecule has 20 heavy (non-hydrogen) atoms. The van der Waals surface area contributed by atoms with Gasteiger partial charge in [0.15, 0.2) is 0 Å². The summed E-state index contributed by atoms with van der Waals surface area (Å²) >= 11 is 0. The molecule has 0 aromatic heterocycles. The van der Waals surface area contributed by atoms with E-state index in [2.05, 4.69) is 23.8 Å². The van der Waals surface area contributed by atoms with E-state index in [9.17, 15) is 4.39 Å². The van der Waals surface area contributed by atoms with Crippen LogP contribution in [0.25, 0.3) is 0 Å². The predicted octanol–water partition coefficient (Wildman–Crippen LogP) is 2.20. The second kappa shape index (κ2) is 7.16. The van der Waals surface area contributed by atoms with Crippen molar-refractivity contribution >= 4 is 0 Å². The van der Waals surface area contributed by atoms with Crippen LogP contribution in [0, 0.1) is 5.82 Å². The molecule has 0 radical (unpaired) electrons. The molecule has 1 aliphatic heterocycles. The van der Waals surface area contributed by atoms with E-state index in [1.165, 1.54) is 6.42 Å². The first-order valence-electron chi connectivity index (χ1n) is 7.54. The second-order valence-electron chi connectivity index (χ2n) is 5.77. The van der Waals surface area contributed by atoms with Crippen LogP contribution in [0.3, 0.4) is 0 Å². The molecule has 1 saturated heterocycles. The van der Waals surface area contributed by atoms with Crippen molar-refractivity contribution in [2.75, 3.05) is 26.7 Å². The predicted molar refractivity (Wildman–Crippen MR) is 80.9 cm³/mol. The van der Waals surface area contributed by atoms with Crippen LogP contribution in [0.5, 0.6) is 0 Å². The molecule has 2 rings (SSSR count). The molecular formula is C16H26FN3. The summed E-state index contributed by atoms with van der Waals surface area (Å²) in [5, 5.41) is 0. The Morgan fingerprint density at radius 3 is 2.80 bits per heavy atom. The summed E-state index contributed by atoms with van der Waals surface area (Å²) in [7, 11) is 2.19. The molecule has 0 aliphatic carbocycles. The number of rotatable bonds is 4. The first kappa shape index (κ1) is 15.4. The van der Waals surface area contributed by atoms with Crippen LogP contribution in [0.4, 0.5) is 4.39 Å². The number of benzene rings is 1. The van der Waals surface area contributed by atoms with Gasteiger partial charge < -0.3 is 10.6 Å². The van der Waals surface area contributed by atoms with Gasteiger partial charge in [-0.3, -0.25) is 4.90 Å². The highest BCUT2D eigenvalue weighted by atomic mass is 19.1. The summed E-state index contributed by atoms with van der Waals surface area (Å²) in [5.74, 6) is -0.197. The lowest BCUT2D eigenvalue weighted by molar-refractivity contribution is 0.175. The minimum absolute atomic E-state index is 0.197. The number of likely N-dealkylation sites (N-methyl/N-ethyl adjacent to an activating group) is 1. The van der Waals surface area contributed by atoms with E-state index in [4.69, 9.17) is 5.73 Å². The average molecular weight is 279 g/mol. The summed E-state index contributed by atoms with van der Waals surface area (Å²) < 4.78 is 13.3. The van der Waals surface area contributed by atoms with E-state index in [1.807, 2.05) is 6.07 Å². The van der Waals surface area contributed by atoms with Crippen LogP contribution in [0.1, 0.15) is 30.9 Å². The Morgan fingerprint density at radius 1 is 1.30 bits per heavy atom. The Bertz CT molecular complexity index is 436. The molecule has 0 bridgehead atoms. The van der Waals surface area contributed by atoms with Gasteiger partial charge in [0.1, 0.15) is 5.82 Å². The standard InChI is InChI=1S/C16H26FN3/c1-3-16-12-19(2)7-4-8-20(16)11-13-5-6-15(17)9-14(13)10-18/h5-6,9,16H,3-4,7-8,10-12,18H2,1-2H3. The highest BCUT2D eigenvalue weighted by Gasteiger charge is 2.22. The van der Waals surface area contributed by atoms with Gasteiger partial charge in [0.05, 0.1) is 0 Å². The van der Waals surface area contributed by atoms with Crippen LogP contribution in [0.15, 0.2) is 18.2 Å². The minimum atomic E-state index is -0.197. The van der Waals surface area contributed by atoms with Crippen molar-refractivity contribution in [1.29, 1.82) is 0 Å². The first-order chi connectivity index (χ1) is 9.63. The molecule has 3 nitrogen and oxygen atoms in total. The minimum Gasteiger partial charge on any atom is -0.326 e. The van der Waals surface area contributed by atoms with Crippen LogP contribution in [0.2, 0.25) is 0 Å². The Morgan fingerprint density at radius 2 is 2.10 bits per heavy atom. The molecule has 0 spiro atoms. The van der Waals surface area contributed by atoms with Crippen molar-refractivity contribution in [3.8, 4) is 0 Å². The Hall–Kier alpha value is -0.970. The van der Waals surface area contributed by atoms with Gasteiger partial charge in [-0.25, -0.2) is 4.39 Å². The van der Waals surface area contributed by atoms with E-state index >= 15 is 0 Å². The molecule has 4 heteroatoms. The van der Waals surface area contributed by atoms with Crippen LogP contribution in [-0.4, -0.2) is 42.5 Å². The topological polar surface area (TPSA) is 32.5 Å². The van der Waals surface area contributed by atoms with E-state index in [0.29, 0.717) is 12.6 Å². The second-order valence-corrected chi connectivity index (χ2v) is 5.77. The number of hydrogen-bond acceptors (Lipinski definition) is 3. The zero-order valence-corrected chi connectivity index (χ0v) is 12.6. The third kappa shape index (κ3) is 3.78. The fourth-order valence-electron chi connectivity index (χ4n) is 3.05. The Balaban J connectivity index is 2.14. The third-order valence-corrected chi connectivity index (χ3v) is 4.26. The molecule has 0 amide bonds. The summed E-state index contributed by atoms with van der Waals surface area (Å²) in [5.41, 5.74) is 7.84. The van der Waals surface area contributed by atoms with Gasteiger partial charge in [-0.1, -0.05) is 13.0 Å². The van der Waals surface area contributed by atoms with Gasteiger partial charge >= 0.3 is 0 Å². The quantitative estimate of drug-likeness (QED) is 0.917. The van der Waals surface area contributed by atoms with Gasteiger partial charge in [0.2, 0.25) is 0 Å². The molecule has 1 aromatic carbocycles. The monoisotopic (exact) mass is 279 g/mol. The summed E-state index contributed by atoms with van der Waals surface area (Å²) in [6.45, 7) is 6.88.